The van der Waals surface area contributed by atoms with Crippen LogP contribution in [0.25, 0.3) is 11.0 Å². The molecular formula is C20H24BrN3O. The number of nitrogens with one attached hydrogen (secondary N) is 1. The Kier molecular flexibility index (Phi) is 4.07. The third-order valence-corrected chi connectivity index (χ3v) is 6.92. The van der Waals surface area contributed by atoms with Crippen molar-refractivity contribution in [1.82, 2.24) is 4.98 Å². The van der Waals surface area contributed by atoms with E-state index in [9.17, 15) is 5.26 Å². The molecule has 0 amide bonds. The number of aryl methyl sites for hydroxylation is 1. The van der Waals surface area contributed by atoms with Gasteiger partial charge in [-0.15, -0.1) is 0 Å². The Balaban J connectivity index is 1.64. The topological polar surface area (TPSA) is 61.9 Å². The monoisotopic (exact) mass is 401 g/mol. The predicted molar refractivity (Wildman–Crippen MR) is 102 cm³/mol. The first-order valence-corrected chi connectivity index (χ1v) is 10.0. The number of nitriles is 1. The number of hydrogen-bond donors (Lipinski definition) is 1. The Morgan fingerprint density at radius 3 is 2.96 bits per heavy atom. The molecule has 4 rings (SSSR count). The summed E-state index contributed by atoms with van der Waals surface area (Å²) in [5.41, 5.74) is 2.24. The van der Waals surface area contributed by atoms with Crippen LogP contribution < -0.4 is 5.32 Å². The van der Waals surface area contributed by atoms with Crippen molar-refractivity contribution >= 4 is 32.7 Å². The molecule has 0 bridgehead atoms. The highest BCUT2D eigenvalue weighted by Crippen LogP contribution is 2.60. The highest BCUT2D eigenvalue weighted by molar-refractivity contribution is 9.10. The van der Waals surface area contributed by atoms with Crippen LogP contribution in [0.3, 0.4) is 0 Å². The second kappa shape index (κ2) is 6.02. The molecule has 0 spiro atoms. The molecule has 0 radical (unpaired) electrons. The van der Waals surface area contributed by atoms with Gasteiger partial charge in [0, 0.05) is 23.2 Å². The quantitative estimate of drug-likeness (QED) is 0.721. The molecule has 4 nitrogen and oxygen atoms in total. The van der Waals surface area contributed by atoms with Crippen LogP contribution in [0.4, 0.5) is 5.82 Å². The highest BCUT2D eigenvalue weighted by Gasteiger charge is 2.52. The van der Waals surface area contributed by atoms with Crippen LogP contribution in [0.1, 0.15) is 57.8 Å². The van der Waals surface area contributed by atoms with E-state index in [4.69, 9.17) is 4.42 Å². The first kappa shape index (κ1) is 16.9. The van der Waals surface area contributed by atoms with E-state index in [1.54, 1.807) is 0 Å². The van der Waals surface area contributed by atoms with E-state index in [1.807, 2.05) is 13.1 Å². The average molecular weight is 402 g/mol. The zero-order valence-corrected chi connectivity index (χ0v) is 16.6. The van der Waals surface area contributed by atoms with E-state index in [0.29, 0.717) is 17.2 Å². The summed E-state index contributed by atoms with van der Waals surface area (Å²) in [5, 5.41) is 13.9. The van der Waals surface area contributed by atoms with Crippen LogP contribution >= 0.6 is 15.9 Å². The molecule has 2 fully saturated rings. The van der Waals surface area contributed by atoms with Crippen LogP contribution in [0.15, 0.2) is 15.1 Å². The van der Waals surface area contributed by atoms with Crippen molar-refractivity contribution < 1.29 is 4.42 Å². The largest absolute Gasteiger partial charge is 0.444 e. The minimum Gasteiger partial charge on any atom is -0.444 e. The molecule has 2 aliphatic carbocycles. The van der Waals surface area contributed by atoms with Gasteiger partial charge in [0.15, 0.2) is 5.58 Å². The summed E-state index contributed by atoms with van der Waals surface area (Å²) in [7, 11) is 0. The molecule has 2 aromatic rings. The number of pyridine rings is 1. The van der Waals surface area contributed by atoms with E-state index in [1.165, 1.54) is 25.7 Å². The van der Waals surface area contributed by atoms with Gasteiger partial charge < -0.3 is 9.73 Å². The maximum Gasteiger partial charge on any atom is 0.208 e. The number of rotatable bonds is 3. The maximum absolute atomic E-state index is 9.30. The predicted octanol–water partition coefficient (Wildman–Crippen LogP) is 5.65. The zero-order valence-electron chi connectivity index (χ0n) is 15.0. The standard InChI is InChI=1S/C20H24BrN3O/c1-4-14-15-10-23-19(17(21)18(15)25-16(14)9-22)24-13-5-11(2)7-20(3)8-12(20)6-13/h10-13H,4-8H2,1-3H3,(H,23,24). The van der Waals surface area contributed by atoms with Gasteiger partial charge in [-0.2, -0.15) is 5.26 Å². The van der Waals surface area contributed by atoms with Crippen LogP contribution in [-0.2, 0) is 6.42 Å². The summed E-state index contributed by atoms with van der Waals surface area (Å²) in [6.07, 6.45) is 7.71. The lowest BCUT2D eigenvalue weighted by molar-refractivity contribution is 0.383. The van der Waals surface area contributed by atoms with Gasteiger partial charge in [-0.1, -0.05) is 20.8 Å². The highest BCUT2D eigenvalue weighted by atomic mass is 79.9. The average Bonchev–Trinajstić information content (AvgIpc) is 3.05. The van der Waals surface area contributed by atoms with E-state index in [0.717, 1.165) is 45.1 Å². The van der Waals surface area contributed by atoms with Crippen molar-refractivity contribution in [3.63, 3.8) is 0 Å². The fraction of sp³-hybridized carbons (Fsp3) is 0.600. The summed E-state index contributed by atoms with van der Waals surface area (Å²) in [6.45, 7) is 6.84. The number of hydrogen-bond acceptors (Lipinski definition) is 4. The molecule has 0 aliphatic heterocycles. The molecule has 2 heterocycles. The van der Waals surface area contributed by atoms with Gasteiger partial charge in [0.2, 0.25) is 5.76 Å². The molecule has 5 heteroatoms. The van der Waals surface area contributed by atoms with Crippen molar-refractivity contribution in [3.8, 4) is 6.07 Å². The van der Waals surface area contributed by atoms with Crippen LogP contribution in [0, 0.1) is 28.6 Å². The minimum atomic E-state index is 0.397. The second-order valence-electron chi connectivity index (χ2n) is 8.22. The summed E-state index contributed by atoms with van der Waals surface area (Å²) in [6, 6.07) is 2.60. The van der Waals surface area contributed by atoms with Gasteiger partial charge >= 0.3 is 0 Å². The number of furan rings is 1. The summed E-state index contributed by atoms with van der Waals surface area (Å²) >= 11 is 3.66. The van der Waals surface area contributed by atoms with Crippen LogP contribution in [0.2, 0.25) is 0 Å². The van der Waals surface area contributed by atoms with E-state index in [2.05, 4.69) is 46.1 Å². The lowest BCUT2D eigenvalue weighted by Gasteiger charge is -2.21. The first-order chi connectivity index (χ1) is 11.9. The van der Waals surface area contributed by atoms with E-state index >= 15 is 0 Å². The molecule has 4 unspecified atom stereocenters. The van der Waals surface area contributed by atoms with Crippen molar-refractivity contribution in [2.45, 2.75) is 58.9 Å². The minimum absolute atomic E-state index is 0.397. The SMILES string of the molecule is CCc1c(C#N)oc2c(Br)c(NC3CC(C)CC4(C)CC4C3)ncc12. The van der Waals surface area contributed by atoms with Gasteiger partial charge in [-0.05, 0) is 65.3 Å². The van der Waals surface area contributed by atoms with Crippen molar-refractivity contribution in [2.75, 3.05) is 5.32 Å². The molecule has 1 N–H and O–H groups in total. The third-order valence-electron chi connectivity index (χ3n) is 6.18. The Hall–Kier alpha value is -1.54. The maximum atomic E-state index is 9.30. The smallest absolute Gasteiger partial charge is 0.208 e. The third kappa shape index (κ3) is 2.85. The molecule has 0 saturated heterocycles. The van der Waals surface area contributed by atoms with Gasteiger partial charge in [0.25, 0.3) is 0 Å². The van der Waals surface area contributed by atoms with Crippen LogP contribution in [-0.4, -0.2) is 11.0 Å². The normalized spacial score (nSPS) is 31.2. The van der Waals surface area contributed by atoms with Gasteiger partial charge in [0.1, 0.15) is 16.4 Å². The van der Waals surface area contributed by atoms with Crippen molar-refractivity contribution in [3.05, 3.63) is 22.0 Å². The second-order valence-corrected chi connectivity index (χ2v) is 9.01. The molecule has 132 valence electrons. The number of aromatic nitrogens is 1. The molecule has 2 saturated carbocycles. The van der Waals surface area contributed by atoms with Crippen LogP contribution in [0.5, 0.6) is 0 Å². The van der Waals surface area contributed by atoms with Gasteiger partial charge in [0.05, 0.1) is 0 Å². The Morgan fingerprint density at radius 1 is 1.44 bits per heavy atom. The van der Waals surface area contributed by atoms with Crippen molar-refractivity contribution in [2.24, 2.45) is 17.3 Å². The lowest BCUT2D eigenvalue weighted by atomic mass is 9.92. The summed E-state index contributed by atoms with van der Waals surface area (Å²) < 4.78 is 6.63. The van der Waals surface area contributed by atoms with Crippen molar-refractivity contribution in [1.29, 1.82) is 5.26 Å². The van der Waals surface area contributed by atoms with E-state index in [-0.39, 0.29) is 0 Å². The first-order valence-electron chi connectivity index (χ1n) is 9.21. The Morgan fingerprint density at radius 2 is 2.24 bits per heavy atom. The van der Waals surface area contributed by atoms with Gasteiger partial charge in [-0.3, -0.25) is 0 Å². The Labute approximate surface area is 157 Å². The summed E-state index contributed by atoms with van der Waals surface area (Å²) in [5.74, 6) is 2.81. The zero-order chi connectivity index (χ0) is 17.8. The number of halogens is 1. The number of fused-ring (bicyclic) bond motifs is 2. The number of nitrogens with zero attached hydrogens (tertiary/aromatic N) is 2. The van der Waals surface area contributed by atoms with E-state index < -0.39 is 0 Å². The molecule has 2 aromatic heterocycles. The Bertz CT molecular complexity index is 868. The molecular weight excluding hydrogens is 378 g/mol. The summed E-state index contributed by atoms with van der Waals surface area (Å²) in [4.78, 5) is 4.64. The number of anilines is 1. The fourth-order valence-corrected chi connectivity index (χ4v) is 5.36. The fourth-order valence-electron chi connectivity index (χ4n) is 4.85. The van der Waals surface area contributed by atoms with Gasteiger partial charge in [-0.25, -0.2) is 4.98 Å². The molecule has 2 aliphatic rings. The lowest BCUT2D eigenvalue weighted by Crippen LogP contribution is -2.22. The molecule has 25 heavy (non-hydrogen) atoms. The molecule has 0 aromatic carbocycles. The molecule has 4 atom stereocenters.